The smallest absolute Gasteiger partial charge is 0.410 e. The topological polar surface area (TPSA) is 74.0 Å². The molecule has 3 aromatic rings. The van der Waals surface area contributed by atoms with Gasteiger partial charge in [-0.3, -0.25) is 4.90 Å². The average molecular weight is 529 g/mol. The molecule has 1 amide bonds. The van der Waals surface area contributed by atoms with Gasteiger partial charge in [0.1, 0.15) is 11.4 Å². The summed E-state index contributed by atoms with van der Waals surface area (Å²) in [6, 6.07) is 9.66. The number of hydrogen-bond acceptors (Lipinski definition) is 3. The highest BCUT2D eigenvalue weighted by molar-refractivity contribution is 5.81. The first-order chi connectivity index (χ1) is 18.7. The van der Waals surface area contributed by atoms with E-state index in [4.69, 9.17) is 9.72 Å². The molecule has 1 saturated heterocycles. The summed E-state index contributed by atoms with van der Waals surface area (Å²) in [5.41, 5.74) is 5.60. The number of rotatable bonds is 4. The Morgan fingerprint density at radius 3 is 2.38 bits per heavy atom. The van der Waals surface area contributed by atoms with Gasteiger partial charge >= 0.3 is 6.09 Å². The van der Waals surface area contributed by atoms with Gasteiger partial charge in [-0.2, -0.15) is 0 Å². The number of H-pyrrole nitrogens is 2. The van der Waals surface area contributed by atoms with Crippen LogP contribution in [-0.2, 0) is 15.6 Å². The van der Waals surface area contributed by atoms with Gasteiger partial charge in [-0.15, -0.1) is 0 Å². The van der Waals surface area contributed by atoms with E-state index in [-0.39, 0.29) is 17.6 Å². The van der Waals surface area contributed by atoms with Crippen LogP contribution in [0, 0.1) is 0 Å². The van der Waals surface area contributed by atoms with Crippen molar-refractivity contribution in [2.24, 2.45) is 0 Å². The number of hydrogen-bond donors (Lipinski definition) is 2. The summed E-state index contributed by atoms with van der Waals surface area (Å²) in [7, 11) is 0. The van der Waals surface area contributed by atoms with Crippen LogP contribution >= 0.6 is 0 Å². The molecule has 5 fully saturated rings. The van der Waals surface area contributed by atoms with Crippen LogP contribution in [0.2, 0.25) is 0 Å². The Bertz CT molecular complexity index is 1350. The minimum atomic E-state index is -0.488. The third-order valence-corrected chi connectivity index (χ3v) is 10.7. The summed E-state index contributed by atoms with van der Waals surface area (Å²) >= 11 is 0. The molecule has 5 aliphatic rings. The Balaban J connectivity index is 1.07. The number of carbonyl (C=O) groups excluding carboxylic acids is 1. The molecule has 1 unspecified atom stereocenters. The van der Waals surface area contributed by atoms with Crippen LogP contribution in [0.5, 0.6) is 0 Å². The lowest BCUT2D eigenvalue weighted by atomic mass is 9.51. The Kier molecular flexibility index (Phi) is 5.91. The number of nitrogens with one attached hydrogen (secondary N) is 2. The molecule has 0 spiro atoms. The quantitative estimate of drug-likeness (QED) is 0.359. The zero-order chi connectivity index (χ0) is 26.8. The molecule has 4 saturated carbocycles. The van der Waals surface area contributed by atoms with E-state index in [0.29, 0.717) is 5.41 Å². The molecule has 1 aliphatic heterocycles. The number of likely N-dealkylation sites (tertiary alicyclic amines) is 1. The van der Waals surface area contributed by atoms with E-state index in [9.17, 15) is 4.79 Å². The van der Waals surface area contributed by atoms with Crippen molar-refractivity contribution in [1.82, 2.24) is 19.9 Å². The van der Waals surface area contributed by atoms with Crippen LogP contribution in [-0.4, -0.2) is 38.1 Å². The van der Waals surface area contributed by atoms with Crippen molar-refractivity contribution in [2.45, 2.75) is 126 Å². The van der Waals surface area contributed by atoms with Gasteiger partial charge in [0.15, 0.2) is 0 Å². The standard InChI is InChI=1S/C33H44N4O2/c1-31(2,3)39-30(38)37-18-6-9-27(37)29-34-21-28(36-29)33-15-12-32(13-16-33,14-17-33)24-11-10-23-19-25(35-26(23)20-24)22-7-4-5-8-22/h10-11,19-22,27,35H,4-9,12-18H2,1-3H3,(H,34,36). The van der Waals surface area contributed by atoms with Crippen molar-refractivity contribution >= 4 is 17.0 Å². The lowest BCUT2D eigenvalue weighted by Gasteiger charge is -2.53. The van der Waals surface area contributed by atoms with Crippen molar-refractivity contribution in [3.05, 3.63) is 53.2 Å². The number of carbonyl (C=O) groups is 1. The minimum absolute atomic E-state index is 0.0158. The summed E-state index contributed by atoms with van der Waals surface area (Å²) in [6.07, 6.45) is 16.5. The SMILES string of the molecule is CC(C)(C)OC(=O)N1CCCC1c1ncc(C23CCC(c4ccc5cc(C6CCCC6)[nH]c5c4)(CC2)CC3)[nH]1. The van der Waals surface area contributed by atoms with Gasteiger partial charge in [-0.1, -0.05) is 25.0 Å². The predicted molar refractivity (Wildman–Crippen MR) is 154 cm³/mol. The van der Waals surface area contributed by atoms with Gasteiger partial charge in [0.2, 0.25) is 0 Å². The number of aromatic nitrogens is 3. The van der Waals surface area contributed by atoms with Crippen LogP contribution in [0.3, 0.4) is 0 Å². The van der Waals surface area contributed by atoms with Crippen LogP contribution in [0.25, 0.3) is 10.9 Å². The first-order valence-corrected chi connectivity index (χ1v) is 15.4. The summed E-state index contributed by atoms with van der Waals surface area (Å²) in [6.45, 7) is 6.51. The minimum Gasteiger partial charge on any atom is -0.444 e. The lowest BCUT2D eigenvalue weighted by Crippen LogP contribution is -2.46. The molecule has 1 aromatic carbocycles. The fourth-order valence-corrected chi connectivity index (χ4v) is 8.32. The van der Waals surface area contributed by atoms with Crippen molar-refractivity contribution in [1.29, 1.82) is 0 Å². The van der Waals surface area contributed by atoms with Crippen LogP contribution < -0.4 is 0 Å². The number of ether oxygens (including phenoxy) is 1. The normalized spacial score (nSPS) is 29.5. The van der Waals surface area contributed by atoms with Crippen LogP contribution in [0.4, 0.5) is 4.79 Å². The highest BCUT2D eigenvalue weighted by Gasteiger charge is 2.51. The van der Waals surface area contributed by atoms with E-state index >= 15 is 0 Å². The maximum Gasteiger partial charge on any atom is 0.410 e. The summed E-state index contributed by atoms with van der Waals surface area (Å²) in [5, 5.41) is 1.37. The molecule has 8 rings (SSSR count). The van der Waals surface area contributed by atoms with Gasteiger partial charge in [-0.05, 0) is 119 Å². The molecule has 6 nitrogen and oxygen atoms in total. The van der Waals surface area contributed by atoms with Crippen LogP contribution in [0.15, 0.2) is 30.5 Å². The first kappa shape index (κ1) is 25.2. The number of imidazole rings is 1. The molecule has 4 aliphatic carbocycles. The summed E-state index contributed by atoms with van der Waals surface area (Å²) in [4.78, 5) is 27.1. The number of fused-ring (bicyclic) bond motifs is 4. The van der Waals surface area contributed by atoms with E-state index in [0.717, 1.165) is 31.1 Å². The van der Waals surface area contributed by atoms with E-state index in [2.05, 4.69) is 40.4 Å². The maximum atomic E-state index is 12.9. The molecular formula is C33H44N4O2. The second-order valence-corrected chi connectivity index (χ2v) is 14.1. The fraction of sp³-hybridized carbons (Fsp3) is 0.636. The van der Waals surface area contributed by atoms with Crippen molar-refractivity contribution in [3.8, 4) is 0 Å². The van der Waals surface area contributed by atoms with Gasteiger partial charge in [0.05, 0.1) is 6.04 Å². The Hall–Kier alpha value is -2.76. The molecule has 39 heavy (non-hydrogen) atoms. The number of amides is 1. The van der Waals surface area contributed by atoms with Crippen molar-refractivity contribution in [2.75, 3.05) is 6.54 Å². The third-order valence-electron chi connectivity index (χ3n) is 10.7. The summed E-state index contributed by atoms with van der Waals surface area (Å²) in [5.74, 6) is 1.66. The second kappa shape index (κ2) is 9.14. The van der Waals surface area contributed by atoms with E-state index in [1.807, 2.05) is 25.7 Å². The Morgan fingerprint density at radius 2 is 1.67 bits per heavy atom. The second-order valence-electron chi connectivity index (χ2n) is 14.1. The van der Waals surface area contributed by atoms with Gasteiger partial charge in [0, 0.05) is 35.1 Å². The number of benzene rings is 1. The molecule has 1 atom stereocenters. The molecule has 0 radical (unpaired) electrons. The number of nitrogens with zero attached hydrogens (tertiary/aromatic N) is 2. The highest BCUT2D eigenvalue weighted by atomic mass is 16.6. The maximum absolute atomic E-state index is 12.9. The average Bonchev–Trinajstić information content (AvgIpc) is 3.74. The third kappa shape index (κ3) is 4.38. The van der Waals surface area contributed by atoms with E-state index in [1.54, 1.807) is 0 Å². The molecule has 2 bridgehead atoms. The number of aromatic amines is 2. The molecular weight excluding hydrogens is 484 g/mol. The zero-order valence-corrected chi connectivity index (χ0v) is 23.9. The largest absolute Gasteiger partial charge is 0.444 e. The Morgan fingerprint density at radius 1 is 0.949 bits per heavy atom. The van der Waals surface area contributed by atoms with Crippen molar-refractivity contribution in [3.63, 3.8) is 0 Å². The molecule has 6 heteroatoms. The van der Waals surface area contributed by atoms with Gasteiger partial charge in [-0.25, -0.2) is 9.78 Å². The monoisotopic (exact) mass is 528 g/mol. The highest BCUT2D eigenvalue weighted by Crippen LogP contribution is 2.58. The van der Waals surface area contributed by atoms with E-state index < -0.39 is 5.60 Å². The lowest BCUT2D eigenvalue weighted by molar-refractivity contribution is 0.0218. The van der Waals surface area contributed by atoms with Gasteiger partial charge < -0.3 is 14.7 Å². The van der Waals surface area contributed by atoms with E-state index in [1.165, 1.54) is 92.1 Å². The fourth-order valence-electron chi connectivity index (χ4n) is 8.32. The summed E-state index contributed by atoms with van der Waals surface area (Å²) < 4.78 is 5.69. The van der Waals surface area contributed by atoms with Crippen molar-refractivity contribution < 1.29 is 9.53 Å². The molecule has 2 aromatic heterocycles. The predicted octanol–water partition coefficient (Wildman–Crippen LogP) is 8.16. The van der Waals surface area contributed by atoms with Crippen LogP contribution in [0.1, 0.15) is 133 Å². The molecule has 3 heterocycles. The zero-order valence-electron chi connectivity index (χ0n) is 23.9. The van der Waals surface area contributed by atoms with Gasteiger partial charge in [0.25, 0.3) is 0 Å². The Labute approximate surface area is 232 Å². The first-order valence-electron chi connectivity index (χ1n) is 15.4. The molecule has 2 N–H and O–H groups in total. The molecule has 208 valence electrons.